The van der Waals surface area contributed by atoms with Crippen LogP contribution in [0.1, 0.15) is 32.5 Å². The topological polar surface area (TPSA) is 84.9 Å². The molecule has 1 aromatic heterocycles. The molecule has 1 aliphatic heterocycles. The lowest BCUT2D eigenvalue weighted by Gasteiger charge is -2.24. The molecule has 0 saturated carbocycles. The van der Waals surface area contributed by atoms with Gasteiger partial charge in [-0.2, -0.15) is 0 Å². The zero-order valence-corrected chi connectivity index (χ0v) is 17.5. The summed E-state index contributed by atoms with van der Waals surface area (Å²) in [5.41, 5.74) is 2.68. The maximum absolute atomic E-state index is 12.6. The van der Waals surface area contributed by atoms with Crippen LogP contribution in [0.3, 0.4) is 0 Å². The van der Waals surface area contributed by atoms with E-state index in [0.29, 0.717) is 28.3 Å². The molecule has 31 heavy (non-hydrogen) atoms. The van der Waals surface area contributed by atoms with Crippen LogP contribution in [0.4, 0.5) is 5.69 Å². The van der Waals surface area contributed by atoms with Gasteiger partial charge in [-0.3, -0.25) is 4.79 Å². The Morgan fingerprint density at radius 3 is 2.48 bits per heavy atom. The molecule has 0 saturated heterocycles. The predicted molar refractivity (Wildman–Crippen MR) is 119 cm³/mol. The van der Waals surface area contributed by atoms with Crippen molar-refractivity contribution in [3.8, 4) is 35.0 Å². The van der Waals surface area contributed by atoms with E-state index in [1.165, 1.54) is 11.3 Å². The molecule has 0 unspecified atom stereocenters. The number of carbonyl (C=O) groups excluding carboxylic acids is 1. The molecule has 3 aromatic rings. The van der Waals surface area contributed by atoms with E-state index in [2.05, 4.69) is 11.2 Å². The molecule has 2 heterocycles. The van der Waals surface area contributed by atoms with Crippen molar-refractivity contribution in [2.24, 2.45) is 0 Å². The van der Waals surface area contributed by atoms with Gasteiger partial charge in [0.15, 0.2) is 0 Å². The summed E-state index contributed by atoms with van der Waals surface area (Å²) >= 11 is 1.19. The number of hydrogen-bond acceptors (Lipinski definition) is 5. The Bertz CT molecular complexity index is 1170. The van der Waals surface area contributed by atoms with Crippen LogP contribution in [0.5, 0.6) is 11.5 Å². The van der Waals surface area contributed by atoms with Gasteiger partial charge in [-0.25, -0.2) is 4.79 Å². The third kappa shape index (κ3) is 3.98. The summed E-state index contributed by atoms with van der Waals surface area (Å²) in [5, 5.41) is 12.8. The highest BCUT2D eigenvalue weighted by atomic mass is 32.1. The van der Waals surface area contributed by atoms with Crippen LogP contribution in [0.25, 0.3) is 11.1 Å². The second kappa shape index (κ2) is 8.54. The number of carbonyl (C=O) groups is 2. The molecule has 0 bridgehead atoms. The molecule has 0 fully saturated rings. The summed E-state index contributed by atoms with van der Waals surface area (Å²) in [4.78, 5) is 25.6. The van der Waals surface area contributed by atoms with E-state index in [-0.39, 0.29) is 29.7 Å². The van der Waals surface area contributed by atoms with Gasteiger partial charge in [0.2, 0.25) is 5.91 Å². The summed E-state index contributed by atoms with van der Waals surface area (Å²) < 4.78 is 10.6. The van der Waals surface area contributed by atoms with E-state index in [4.69, 9.17) is 15.9 Å². The molecule has 2 aromatic carbocycles. The number of anilines is 1. The van der Waals surface area contributed by atoms with E-state index < -0.39 is 5.97 Å². The number of thiophene rings is 1. The molecular weight excluding hydrogens is 414 g/mol. The number of aromatic carboxylic acids is 1. The van der Waals surface area contributed by atoms with Crippen molar-refractivity contribution in [2.75, 3.05) is 19.0 Å². The van der Waals surface area contributed by atoms with E-state index in [1.54, 1.807) is 43.5 Å². The second-order valence-corrected chi connectivity index (χ2v) is 8.00. The van der Waals surface area contributed by atoms with Crippen LogP contribution in [-0.2, 0) is 4.79 Å². The van der Waals surface area contributed by atoms with Crippen LogP contribution < -0.4 is 14.8 Å². The highest BCUT2D eigenvalue weighted by Crippen LogP contribution is 2.49. The van der Waals surface area contributed by atoms with Crippen molar-refractivity contribution < 1.29 is 24.2 Å². The fourth-order valence-corrected chi connectivity index (χ4v) is 4.91. The van der Waals surface area contributed by atoms with E-state index in [1.807, 2.05) is 12.1 Å². The summed E-state index contributed by atoms with van der Waals surface area (Å²) in [6.45, 7) is 0.174. The van der Waals surface area contributed by atoms with Gasteiger partial charge in [-0.05, 0) is 35.4 Å². The first-order valence-electron chi connectivity index (χ1n) is 9.52. The summed E-state index contributed by atoms with van der Waals surface area (Å²) in [7, 11) is 1.57. The smallest absolute Gasteiger partial charge is 0.346 e. The Hall–Kier alpha value is -3.76. The lowest BCUT2D eigenvalue weighted by atomic mass is 9.88. The molecule has 1 aliphatic rings. The van der Waals surface area contributed by atoms with Gasteiger partial charge < -0.3 is 19.9 Å². The fourth-order valence-electron chi connectivity index (χ4n) is 3.66. The number of benzene rings is 2. The lowest BCUT2D eigenvalue weighted by Crippen LogP contribution is -2.22. The van der Waals surface area contributed by atoms with Gasteiger partial charge in [0, 0.05) is 22.8 Å². The third-order valence-electron chi connectivity index (χ3n) is 5.08. The summed E-state index contributed by atoms with van der Waals surface area (Å²) in [5.74, 6) is 2.28. The predicted octanol–water partition coefficient (Wildman–Crippen LogP) is 4.61. The number of methoxy groups -OCH3 is 1. The quantitative estimate of drug-likeness (QED) is 0.555. The Kier molecular flexibility index (Phi) is 5.65. The van der Waals surface area contributed by atoms with Gasteiger partial charge in [0.05, 0.1) is 12.8 Å². The van der Waals surface area contributed by atoms with E-state index >= 15 is 0 Å². The summed E-state index contributed by atoms with van der Waals surface area (Å²) in [6.07, 6.45) is 5.46. The number of rotatable bonds is 6. The zero-order valence-electron chi connectivity index (χ0n) is 16.7. The lowest BCUT2D eigenvalue weighted by molar-refractivity contribution is -0.116. The Morgan fingerprint density at radius 2 is 1.87 bits per heavy atom. The molecule has 4 rings (SSSR count). The monoisotopic (exact) mass is 433 g/mol. The number of fused-ring (bicyclic) bond motifs is 1. The Labute approximate surface area is 183 Å². The SMILES string of the molecule is C#CCOc1ccc([C@@H]2CC(=O)Nc3c2sc(C(=O)O)c3-c2ccc(OC)cc2)cc1. The first kappa shape index (κ1) is 20.5. The normalized spacial score (nSPS) is 14.8. The van der Waals surface area contributed by atoms with Crippen molar-refractivity contribution >= 4 is 28.9 Å². The van der Waals surface area contributed by atoms with Gasteiger partial charge in [-0.1, -0.05) is 30.2 Å². The number of terminal acetylenes is 1. The number of carboxylic acid groups (broad SMARTS) is 1. The van der Waals surface area contributed by atoms with Crippen LogP contribution in [0.2, 0.25) is 0 Å². The van der Waals surface area contributed by atoms with Crippen molar-refractivity contribution in [2.45, 2.75) is 12.3 Å². The fraction of sp³-hybridized carbons (Fsp3) is 0.167. The van der Waals surface area contributed by atoms with Crippen LogP contribution in [0, 0.1) is 12.3 Å². The van der Waals surface area contributed by atoms with Crippen molar-refractivity contribution in [1.29, 1.82) is 0 Å². The molecule has 1 atom stereocenters. The second-order valence-electron chi connectivity index (χ2n) is 6.95. The van der Waals surface area contributed by atoms with Crippen molar-refractivity contribution in [1.82, 2.24) is 0 Å². The minimum Gasteiger partial charge on any atom is -0.497 e. The largest absolute Gasteiger partial charge is 0.497 e. The van der Waals surface area contributed by atoms with Crippen LogP contribution >= 0.6 is 11.3 Å². The number of hydrogen-bond donors (Lipinski definition) is 2. The van der Waals surface area contributed by atoms with Crippen LogP contribution in [-0.4, -0.2) is 30.7 Å². The number of amides is 1. The molecule has 1 amide bonds. The van der Waals surface area contributed by atoms with Crippen molar-refractivity contribution in [3.63, 3.8) is 0 Å². The number of carboxylic acids is 1. The number of nitrogens with one attached hydrogen (secondary N) is 1. The van der Waals surface area contributed by atoms with Gasteiger partial charge in [-0.15, -0.1) is 17.8 Å². The Morgan fingerprint density at radius 1 is 1.19 bits per heavy atom. The highest BCUT2D eigenvalue weighted by Gasteiger charge is 2.34. The number of ether oxygens (including phenoxy) is 2. The summed E-state index contributed by atoms with van der Waals surface area (Å²) in [6, 6.07) is 14.5. The molecule has 6 nitrogen and oxygen atoms in total. The van der Waals surface area contributed by atoms with Crippen molar-refractivity contribution in [3.05, 3.63) is 63.8 Å². The average molecular weight is 433 g/mol. The van der Waals surface area contributed by atoms with Gasteiger partial charge >= 0.3 is 5.97 Å². The molecule has 0 aliphatic carbocycles. The standard InChI is InChI=1S/C24H19NO5S/c1-3-12-30-17-10-4-14(5-11-17)18-13-19(26)25-21-20(23(24(27)28)31-22(18)21)15-6-8-16(29-2)9-7-15/h1,4-11,18H,12-13H2,2H3,(H,25,26)(H,27,28)/t18-/m0/s1. The maximum atomic E-state index is 12.6. The minimum absolute atomic E-state index is 0.158. The molecule has 0 radical (unpaired) electrons. The van der Waals surface area contributed by atoms with Crippen LogP contribution in [0.15, 0.2) is 48.5 Å². The molecule has 2 N–H and O–H groups in total. The average Bonchev–Trinajstić information content (AvgIpc) is 3.17. The van der Waals surface area contributed by atoms with Gasteiger partial charge in [0.1, 0.15) is 23.0 Å². The van der Waals surface area contributed by atoms with E-state index in [9.17, 15) is 14.7 Å². The zero-order chi connectivity index (χ0) is 22.0. The first-order valence-corrected chi connectivity index (χ1v) is 10.3. The first-order chi connectivity index (χ1) is 15.0. The van der Waals surface area contributed by atoms with Gasteiger partial charge in [0.25, 0.3) is 0 Å². The minimum atomic E-state index is -1.03. The Balaban J connectivity index is 1.79. The highest BCUT2D eigenvalue weighted by molar-refractivity contribution is 7.15. The molecule has 0 spiro atoms. The molecular formula is C24H19NO5S. The third-order valence-corrected chi connectivity index (χ3v) is 6.37. The molecule has 156 valence electrons. The maximum Gasteiger partial charge on any atom is 0.346 e. The molecule has 7 heteroatoms. The van der Waals surface area contributed by atoms with E-state index in [0.717, 1.165) is 10.4 Å².